The van der Waals surface area contributed by atoms with Crippen LogP contribution in [0.15, 0.2) is 36.7 Å². The monoisotopic (exact) mass is 288 g/mol. The second-order valence-electron chi connectivity index (χ2n) is 5.08. The van der Waals surface area contributed by atoms with Gasteiger partial charge in [0, 0.05) is 47.7 Å². The molecule has 0 unspecified atom stereocenters. The van der Waals surface area contributed by atoms with Gasteiger partial charge in [0.25, 0.3) is 0 Å². The molecule has 4 nitrogen and oxygen atoms in total. The number of benzene rings is 1. The van der Waals surface area contributed by atoms with E-state index in [4.69, 9.17) is 17.3 Å². The summed E-state index contributed by atoms with van der Waals surface area (Å²) in [6.45, 7) is 1.85. The number of nitrogens with two attached hydrogens (primary N) is 1. The van der Waals surface area contributed by atoms with Crippen LogP contribution in [0, 0.1) is 0 Å². The molecule has 0 saturated carbocycles. The lowest BCUT2D eigenvalue weighted by atomic mass is 10.1. The van der Waals surface area contributed by atoms with Gasteiger partial charge in [-0.2, -0.15) is 0 Å². The second-order valence-corrected chi connectivity index (χ2v) is 5.48. The Balaban J connectivity index is 1.80. The number of halogens is 1. The van der Waals surface area contributed by atoms with E-state index in [1.807, 2.05) is 36.7 Å². The van der Waals surface area contributed by atoms with Gasteiger partial charge in [-0.25, -0.2) is 9.97 Å². The molecule has 0 bridgehead atoms. The SMILES string of the molecule is NC1CCN(c2ncc(-c3ccccc3Cl)cn2)CC1. The van der Waals surface area contributed by atoms with Gasteiger partial charge in [0.15, 0.2) is 0 Å². The molecule has 3 rings (SSSR count). The lowest BCUT2D eigenvalue weighted by Crippen LogP contribution is -2.40. The molecule has 20 heavy (non-hydrogen) atoms. The standard InChI is InChI=1S/C15H17ClN4/c16-14-4-2-1-3-13(14)11-9-18-15(19-10-11)20-7-5-12(17)6-8-20/h1-4,9-10,12H,5-8,17H2. The third kappa shape index (κ3) is 2.76. The predicted molar refractivity (Wildman–Crippen MR) is 81.9 cm³/mol. The quantitative estimate of drug-likeness (QED) is 0.923. The third-order valence-corrected chi connectivity index (χ3v) is 3.98. The lowest BCUT2D eigenvalue weighted by Gasteiger charge is -2.30. The fourth-order valence-corrected chi connectivity index (χ4v) is 2.66. The Hall–Kier alpha value is -1.65. The zero-order valence-corrected chi connectivity index (χ0v) is 11.9. The van der Waals surface area contributed by atoms with Gasteiger partial charge in [-0.1, -0.05) is 29.8 Å². The smallest absolute Gasteiger partial charge is 0.225 e. The average molecular weight is 289 g/mol. The van der Waals surface area contributed by atoms with E-state index in [0.717, 1.165) is 43.0 Å². The van der Waals surface area contributed by atoms with E-state index >= 15 is 0 Å². The van der Waals surface area contributed by atoms with Crippen LogP contribution in [0.1, 0.15) is 12.8 Å². The van der Waals surface area contributed by atoms with Gasteiger partial charge in [-0.3, -0.25) is 0 Å². The van der Waals surface area contributed by atoms with Crippen molar-refractivity contribution in [1.82, 2.24) is 9.97 Å². The minimum absolute atomic E-state index is 0.314. The molecule has 0 aliphatic carbocycles. The first-order chi connectivity index (χ1) is 9.74. The summed E-state index contributed by atoms with van der Waals surface area (Å²) in [7, 11) is 0. The Kier molecular flexibility index (Phi) is 3.85. The van der Waals surface area contributed by atoms with Crippen molar-refractivity contribution in [2.24, 2.45) is 5.73 Å². The largest absolute Gasteiger partial charge is 0.341 e. The topological polar surface area (TPSA) is 55.0 Å². The second kappa shape index (κ2) is 5.77. The van der Waals surface area contributed by atoms with Crippen molar-refractivity contribution in [2.45, 2.75) is 18.9 Å². The fourth-order valence-electron chi connectivity index (χ4n) is 2.42. The van der Waals surface area contributed by atoms with Crippen molar-refractivity contribution in [3.05, 3.63) is 41.7 Å². The molecule has 1 fully saturated rings. The molecule has 0 radical (unpaired) electrons. The van der Waals surface area contributed by atoms with Gasteiger partial charge < -0.3 is 10.6 Å². The van der Waals surface area contributed by atoms with Crippen LogP contribution < -0.4 is 10.6 Å². The fraction of sp³-hybridized carbons (Fsp3) is 0.333. The Labute approximate surface area is 123 Å². The van der Waals surface area contributed by atoms with Crippen LogP contribution >= 0.6 is 11.6 Å². The highest BCUT2D eigenvalue weighted by molar-refractivity contribution is 6.33. The number of nitrogens with zero attached hydrogens (tertiary/aromatic N) is 3. The maximum absolute atomic E-state index is 6.18. The first-order valence-electron chi connectivity index (χ1n) is 6.81. The summed E-state index contributed by atoms with van der Waals surface area (Å²) in [6.07, 6.45) is 5.65. The highest BCUT2D eigenvalue weighted by atomic mass is 35.5. The number of rotatable bonds is 2. The van der Waals surface area contributed by atoms with Gasteiger partial charge in [-0.15, -0.1) is 0 Å². The van der Waals surface area contributed by atoms with Gasteiger partial charge in [-0.05, 0) is 18.9 Å². The number of hydrogen-bond donors (Lipinski definition) is 1. The van der Waals surface area contributed by atoms with Crippen molar-refractivity contribution in [3.8, 4) is 11.1 Å². The summed E-state index contributed by atoms with van der Waals surface area (Å²) in [5.74, 6) is 0.771. The Morgan fingerprint density at radius 3 is 2.40 bits per heavy atom. The van der Waals surface area contributed by atoms with Crippen molar-refractivity contribution >= 4 is 17.5 Å². The predicted octanol–water partition coefficient (Wildman–Crippen LogP) is 2.72. The molecular weight excluding hydrogens is 272 g/mol. The molecule has 2 aromatic rings. The van der Waals surface area contributed by atoms with Gasteiger partial charge in [0.05, 0.1) is 0 Å². The number of piperidine rings is 1. The summed E-state index contributed by atoms with van der Waals surface area (Å²) in [6, 6.07) is 8.03. The summed E-state index contributed by atoms with van der Waals surface area (Å²) < 4.78 is 0. The summed E-state index contributed by atoms with van der Waals surface area (Å²) in [5.41, 5.74) is 7.81. The Bertz CT molecular complexity index is 577. The van der Waals surface area contributed by atoms with E-state index in [1.165, 1.54) is 0 Å². The molecular formula is C15H17ClN4. The maximum atomic E-state index is 6.18. The molecule has 2 N–H and O–H groups in total. The molecule has 5 heteroatoms. The van der Waals surface area contributed by atoms with Crippen LogP contribution in [0.4, 0.5) is 5.95 Å². The van der Waals surface area contributed by atoms with E-state index in [1.54, 1.807) is 0 Å². The van der Waals surface area contributed by atoms with E-state index in [2.05, 4.69) is 14.9 Å². The molecule has 0 atom stereocenters. The molecule has 2 heterocycles. The molecule has 0 spiro atoms. The minimum atomic E-state index is 0.314. The van der Waals surface area contributed by atoms with Crippen molar-refractivity contribution in [1.29, 1.82) is 0 Å². The zero-order valence-electron chi connectivity index (χ0n) is 11.2. The zero-order chi connectivity index (χ0) is 13.9. The lowest BCUT2D eigenvalue weighted by molar-refractivity contribution is 0.495. The summed E-state index contributed by atoms with van der Waals surface area (Å²) >= 11 is 6.18. The van der Waals surface area contributed by atoms with Gasteiger partial charge >= 0.3 is 0 Å². The molecule has 104 valence electrons. The summed E-state index contributed by atoms with van der Waals surface area (Å²) in [5, 5.41) is 0.716. The number of hydrogen-bond acceptors (Lipinski definition) is 4. The van der Waals surface area contributed by atoms with Crippen LogP contribution in [-0.2, 0) is 0 Å². The van der Waals surface area contributed by atoms with E-state index < -0.39 is 0 Å². The first-order valence-corrected chi connectivity index (χ1v) is 7.19. The normalized spacial score (nSPS) is 16.4. The van der Waals surface area contributed by atoms with E-state index in [-0.39, 0.29) is 0 Å². The maximum Gasteiger partial charge on any atom is 0.225 e. The van der Waals surface area contributed by atoms with E-state index in [0.29, 0.717) is 11.1 Å². The highest BCUT2D eigenvalue weighted by Gasteiger charge is 2.18. The number of aromatic nitrogens is 2. The number of anilines is 1. The van der Waals surface area contributed by atoms with E-state index in [9.17, 15) is 0 Å². The molecule has 1 aromatic carbocycles. The minimum Gasteiger partial charge on any atom is -0.341 e. The molecule has 1 aromatic heterocycles. The average Bonchev–Trinajstić information content (AvgIpc) is 2.49. The van der Waals surface area contributed by atoms with Crippen LogP contribution in [0.2, 0.25) is 5.02 Å². The molecule has 1 aliphatic rings. The Morgan fingerprint density at radius 1 is 1.10 bits per heavy atom. The van der Waals surface area contributed by atoms with Crippen molar-refractivity contribution in [2.75, 3.05) is 18.0 Å². The molecule has 1 saturated heterocycles. The summed E-state index contributed by atoms with van der Waals surface area (Å²) in [4.78, 5) is 11.1. The van der Waals surface area contributed by atoms with Crippen LogP contribution in [0.3, 0.4) is 0 Å². The first kappa shape index (κ1) is 13.3. The molecule has 0 amide bonds. The highest BCUT2D eigenvalue weighted by Crippen LogP contribution is 2.27. The molecule has 1 aliphatic heterocycles. The van der Waals surface area contributed by atoms with Gasteiger partial charge in [0.1, 0.15) is 0 Å². The third-order valence-electron chi connectivity index (χ3n) is 3.65. The van der Waals surface area contributed by atoms with Crippen LogP contribution in [0.5, 0.6) is 0 Å². The Morgan fingerprint density at radius 2 is 1.75 bits per heavy atom. The van der Waals surface area contributed by atoms with Crippen LogP contribution in [-0.4, -0.2) is 29.1 Å². The van der Waals surface area contributed by atoms with Crippen molar-refractivity contribution in [3.63, 3.8) is 0 Å². The van der Waals surface area contributed by atoms with Crippen molar-refractivity contribution < 1.29 is 0 Å². The van der Waals surface area contributed by atoms with Crippen LogP contribution in [0.25, 0.3) is 11.1 Å². The van der Waals surface area contributed by atoms with Gasteiger partial charge in [0.2, 0.25) is 5.95 Å².